The summed E-state index contributed by atoms with van der Waals surface area (Å²) in [6.45, 7) is 1.82. The van der Waals surface area contributed by atoms with Crippen molar-refractivity contribution in [3.8, 4) is 0 Å². The van der Waals surface area contributed by atoms with E-state index in [1.165, 1.54) is 6.92 Å². The maximum atomic E-state index is 11.2. The zero-order chi connectivity index (χ0) is 12.8. The fraction of sp³-hybridized carbons (Fsp3) is 1.00. The zero-order valence-corrected chi connectivity index (χ0v) is 11.0. The highest BCUT2D eigenvalue weighted by atomic mass is 31.2. The number of phosphoric ester groups is 1. The van der Waals surface area contributed by atoms with Gasteiger partial charge < -0.3 is 14.5 Å². The summed E-state index contributed by atoms with van der Waals surface area (Å²) >= 11 is 0. The third kappa shape index (κ3) is 9.23. The minimum absolute atomic E-state index is 0.0775. The molecule has 0 aromatic heterocycles. The van der Waals surface area contributed by atoms with E-state index in [-0.39, 0.29) is 13.2 Å². The summed E-state index contributed by atoms with van der Waals surface area (Å²) in [5, 5.41) is 8.59. The Hall–Kier alpha value is -0.0100. The maximum Gasteiger partial charge on any atom is 0.499 e. The van der Waals surface area contributed by atoms with Crippen molar-refractivity contribution in [3.05, 3.63) is 0 Å². The monoisotopic (exact) mass is 258 g/mol. The summed E-state index contributed by atoms with van der Waals surface area (Å²) in [4.78, 5) is 13.6. The summed E-state index contributed by atoms with van der Waals surface area (Å²) in [5.41, 5.74) is 0. The quantitative estimate of drug-likeness (QED) is 0.279. The molecule has 2 unspecified atom stereocenters. The van der Waals surface area contributed by atoms with Crippen LogP contribution in [0.3, 0.4) is 0 Å². The van der Waals surface area contributed by atoms with E-state index in [0.29, 0.717) is 11.0 Å². The minimum atomic E-state index is -4.19. The lowest BCUT2D eigenvalue weighted by Crippen LogP contribution is -2.37. The Morgan fingerprint density at radius 1 is 1.38 bits per heavy atom. The van der Waals surface area contributed by atoms with Gasteiger partial charge in [-0.1, -0.05) is 0 Å². The van der Waals surface area contributed by atoms with Gasteiger partial charge in [-0.15, -0.1) is 4.67 Å². The number of likely N-dealkylation sites (N-methyl/N-ethyl adjacent to an activating group) is 1. The van der Waals surface area contributed by atoms with E-state index in [1.807, 2.05) is 21.1 Å². The van der Waals surface area contributed by atoms with Crippen LogP contribution in [0.2, 0.25) is 0 Å². The van der Waals surface area contributed by atoms with Crippen LogP contribution in [0.4, 0.5) is 0 Å². The van der Waals surface area contributed by atoms with E-state index in [0.717, 1.165) is 0 Å². The van der Waals surface area contributed by atoms with Crippen molar-refractivity contribution in [1.29, 1.82) is 0 Å². The van der Waals surface area contributed by atoms with Gasteiger partial charge in [-0.25, -0.2) is 9.45 Å². The van der Waals surface area contributed by atoms with Crippen LogP contribution in [-0.2, 0) is 18.7 Å². The van der Waals surface area contributed by atoms with Crippen LogP contribution in [-0.4, -0.2) is 61.5 Å². The van der Waals surface area contributed by atoms with Gasteiger partial charge >= 0.3 is 7.82 Å². The van der Waals surface area contributed by atoms with Crippen molar-refractivity contribution in [3.63, 3.8) is 0 Å². The van der Waals surface area contributed by atoms with E-state index in [9.17, 15) is 4.57 Å². The molecule has 7 nitrogen and oxygen atoms in total. The standard InChI is InChI=1S/C8H20NO6P/c1-8(7-10)14-15-16(11,12)13-6-5-9(2,3)4/h8,10H,5-7H2,1-4H3/p+1. The molecule has 0 aliphatic carbocycles. The van der Waals surface area contributed by atoms with Crippen LogP contribution in [0.25, 0.3) is 0 Å². The number of phosphoric acid groups is 1. The Balaban J connectivity index is 3.83. The van der Waals surface area contributed by atoms with Crippen LogP contribution in [0, 0.1) is 0 Å². The van der Waals surface area contributed by atoms with Gasteiger partial charge in [0, 0.05) is 0 Å². The van der Waals surface area contributed by atoms with E-state index < -0.39 is 13.9 Å². The molecule has 0 aromatic carbocycles. The van der Waals surface area contributed by atoms with Crippen molar-refractivity contribution in [2.45, 2.75) is 13.0 Å². The topological polar surface area (TPSA) is 85.2 Å². The van der Waals surface area contributed by atoms with Gasteiger partial charge in [0.05, 0.1) is 27.7 Å². The Morgan fingerprint density at radius 2 is 1.94 bits per heavy atom. The average molecular weight is 258 g/mol. The van der Waals surface area contributed by atoms with Crippen LogP contribution in [0.1, 0.15) is 6.92 Å². The van der Waals surface area contributed by atoms with Crippen LogP contribution < -0.4 is 0 Å². The molecule has 0 saturated heterocycles. The smallest absolute Gasteiger partial charge is 0.394 e. The lowest BCUT2D eigenvalue weighted by Gasteiger charge is -2.23. The molecule has 0 aliphatic heterocycles. The SMILES string of the molecule is CC(CO)OOP(=O)(O)OCC[N+](C)(C)C. The number of hydrogen-bond acceptors (Lipinski definition) is 5. The van der Waals surface area contributed by atoms with E-state index in [2.05, 4.69) is 14.1 Å². The average Bonchev–Trinajstić information content (AvgIpc) is 2.12. The minimum Gasteiger partial charge on any atom is -0.394 e. The first kappa shape index (κ1) is 16.0. The number of rotatable bonds is 8. The lowest BCUT2D eigenvalue weighted by atomic mass is 10.5. The fourth-order valence-corrected chi connectivity index (χ4v) is 1.22. The van der Waals surface area contributed by atoms with Gasteiger partial charge in [0.2, 0.25) is 0 Å². The summed E-state index contributed by atoms with van der Waals surface area (Å²) < 4.78 is 20.7. The third-order valence-electron chi connectivity index (χ3n) is 1.58. The molecule has 0 aliphatic rings. The Labute approximate surface area is 95.7 Å². The first-order valence-electron chi connectivity index (χ1n) is 4.90. The lowest BCUT2D eigenvalue weighted by molar-refractivity contribution is -0.870. The summed E-state index contributed by atoms with van der Waals surface area (Å²) in [5.74, 6) is 0. The molecule has 0 spiro atoms. The highest BCUT2D eigenvalue weighted by Gasteiger charge is 2.25. The molecule has 2 atom stereocenters. The summed E-state index contributed by atoms with van der Waals surface area (Å²) in [7, 11) is 1.59. The maximum absolute atomic E-state index is 11.2. The summed E-state index contributed by atoms with van der Waals surface area (Å²) in [6.07, 6.45) is -0.678. The molecule has 0 amide bonds. The van der Waals surface area contributed by atoms with Gasteiger partial charge in [0.25, 0.3) is 0 Å². The van der Waals surface area contributed by atoms with Crippen molar-refractivity contribution < 1.29 is 33.1 Å². The van der Waals surface area contributed by atoms with Gasteiger partial charge in [0.15, 0.2) is 0 Å². The molecule has 0 fully saturated rings. The molecular weight excluding hydrogens is 237 g/mol. The second-order valence-corrected chi connectivity index (χ2v) is 5.82. The van der Waals surface area contributed by atoms with Crippen LogP contribution in [0.15, 0.2) is 0 Å². The van der Waals surface area contributed by atoms with E-state index in [4.69, 9.17) is 10.00 Å². The van der Waals surface area contributed by atoms with Gasteiger partial charge in [-0.05, 0) is 6.92 Å². The van der Waals surface area contributed by atoms with E-state index in [1.54, 1.807) is 0 Å². The van der Waals surface area contributed by atoms with Crippen LogP contribution in [0.5, 0.6) is 0 Å². The van der Waals surface area contributed by atoms with Crippen molar-refractivity contribution >= 4 is 7.82 Å². The Kier molecular flexibility index (Phi) is 6.65. The fourth-order valence-electron chi connectivity index (χ4n) is 0.610. The Morgan fingerprint density at radius 3 is 2.38 bits per heavy atom. The number of aliphatic hydroxyl groups excluding tert-OH is 1. The zero-order valence-electron chi connectivity index (χ0n) is 10.1. The number of hydrogen-bond donors (Lipinski definition) is 2. The molecular formula is C8H21NO6P+. The second-order valence-electron chi connectivity index (χ2n) is 4.48. The van der Waals surface area contributed by atoms with Gasteiger partial charge in [-0.2, -0.15) is 0 Å². The predicted octanol–water partition coefficient (Wildman–Crippen LogP) is 0.139. The molecule has 16 heavy (non-hydrogen) atoms. The molecule has 0 aromatic rings. The molecule has 0 saturated carbocycles. The molecule has 0 rings (SSSR count). The molecule has 98 valence electrons. The Bertz CT molecular complexity index is 241. The van der Waals surface area contributed by atoms with Gasteiger partial charge in [-0.3, -0.25) is 4.52 Å². The largest absolute Gasteiger partial charge is 0.499 e. The first-order valence-corrected chi connectivity index (χ1v) is 6.39. The molecule has 0 heterocycles. The number of nitrogens with zero attached hydrogens (tertiary/aromatic N) is 1. The second kappa shape index (κ2) is 6.66. The number of quaternary nitrogens is 1. The van der Waals surface area contributed by atoms with Crippen molar-refractivity contribution in [1.82, 2.24) is 0 Å². The summed E-state index contributed by atoms with van der Waals surface area (Å²) in [6, 6.07) is 0. The molecule has 0 bridgehead atoms. The predicted molar refractivity (Wildman–Crippen MR) is 57.4 cm³/mol. The third-order valence-corrected chi connectivity index (χ3v) is 2.36. The first-order chi connectivity index (χ1) is 7.16. The molecule has 0 radical (unpaired) electrons. The van der Waals surface area contributed by atoms with Crippen LogP contribution >= 0.6 is 7.82 Å². The van der Waals surface area contributed by atoms with E-state index >= 15 is 0 Å². The molecule has 2 N–H and O–H groups in total. The van der Waals surface area contributed by atoms with Crippen molar-refractivity contribution in [2.24, 2.45) is 0 Å². The highest BCUT2D eigenvalue weighted by Crippen LogP contribution is 2.43. The highest BCUT2D eigenvalue weighted by molar-refractivity contribution is 7.47. The number of aliphatic hydroxyl groups is 1. The van der Waals surface area contributed by atoms with Gasteiger partial charge in [0.1, 0.15) is 19.3 Å². The van der Waals surface area contributed by atoms with Crippen molar-refractivity contribution in [2.75, 3.05) is 40.9 Å². The normalized spacial score (nSPS) is 18.1. The molecule has 8 heteroatoms.